The fourth-order valence-corrected chi connectivity index (χ4v) is 2.47. The zero-order valence-corrected chi connectivity index (χ0v) is 11.6. The highest BCUT2D eigenvalue weighted by Crippen LogP contribution is 2.20. The Labute approximate surface area is 106 Å². The maximum absolute atomic E-state index is 11.2. The van der Waals surface area contributed by atoms with Crippen LogP contribution in [0.5, 0.6) is 0 Å². The van der Waals surface area contributed by atoms with Crippen molar-refractivity contribution in [3.05, 3.63) is 21.8 Å². The van der Waals surface area contributed by atoms with E-state index in [1.54, 1.807) is 0 Å². The number of nitrogens with one attached hydrogen (secondary N) is 1. The molecular formula is C10H15IN2OS. The van der Waals surface area contributed by atoms with E-state index in [1.807, 2.05) is 25.1 Å². The third-order valence-corrected chi connectivity index (χ3v) is 4.16. The van der Waals surface area contributed by atoms with Gasteiger partial charge in [0.1, 0.15) is 0 Å². The molecule has 0 aliphatic rings. The highest BCUT2D eigenvalue weighted by molar-refractivity contribution is 14.1. The lowest BCUT2D eigenvalue weighted by molar-refractivity contribution is 0.684. The number of anilines is 2. The molecule has 1 aromatic carbocycles. The van der Waals surface area contributed by atoms with Crippen LogP contribution in [0.2, 0.25) is 0 Å². The topological polar surface area (TPSA) is 55.1 Å². The Morgan fingerprint density at radius 1 is 1.53 bits per heavy atom. The fraction of sp³-hybridized carbons (Fsp3) is 0.400. The molecule has 0 aromatic heterocycles. The van der Waals surface area contributed by atoms with Crippen molar-refractivity contribution in [1.82, 2.24) is 0 Å². The SMILES string of the molecule is CCS(=O)CCNc1ccc(N)cc1I. The Hall–Kier alpha value is -0.300. The maximum Gasteiger partial charge on any atom is 0.0477 e. The zero-order valence-electron chi connectivity index (χ0n) is 8.63. The second-order valence-electron chi connectivity index (χ2n) is 3.10. The van der Waals surface area contributed by atoms with Crippen LogP contribution < -0.4 is 11.1 Å². The summed E-state index contributed by atoms with van der Waals surface area (Å²) in [4.78, 5) is 0. The normalized spacial score (nSPS) is 12.4. The summed E-state index contributed by atoms with van der Waals surface area (Å²) in [6.45, 7) is 2.67. The molecule has 3 nitrogen and oxygen atoms in total. The predicted molar refractivity (Wildman–Crippen MR) is 75.6 cm³/mol. The minimum Gasteiger partial charge on any atom is -0.399 e. The first-order valence-corrected chi connectivity index (χ1v) is 7.34. The van der Waals surface area contributed by atoms with E-state index in [1.165, 1.54) is 0 Å². The van der Waals surface area contributed by atoms with E-state index in [-0.39, 0.29) is 0 Å². The fourth-order valence-electron chi connectivity index (χ4n) is 1.12. The molecule has 0 aliphatic carbocycles. The van der Waals surface area contributed by atoms with Gasteiger partial charge in [0, 0.05) is 43.8 Å². The Bertz CT molecular complexity index is 357. The van der Waals surface area contributed by atoms with Gasteiger partial charge < -0.3 is 11.1 Å². The van der Waals surface area contributed by atoms with E-state index in [0.717, 1.165) is 27.2 Å². The van der Waals surface area contributed by atoms with Gasteiger partial charge >= 0.3 is 0 Å². The molecule has 1 aromatic rings. The van der Waals surface area contributed by atoms with Crippen molar-refractivity contribution in [1.29, 1.82) is 0 Å². The van der Waals surface area contributed by atoms with Gasteiger partial charge in [-0.2, -0.15) is 0 Å². The Morgan fingerprint density at radius 3 is 2.87 bits per heavy atom. The maximum atomic E-state index is 11.2. The number of nitrogens with two attached hydrogens (primary N) is 1. The minimum absolute atomic E-state index is 0.691. The third kappa shape index (κ3) is 4.38. The van der Waals surface area contributed by atoms with E-state index in [9.17, 15) is 4.21 Å². The van der Waals surface area contributed by atoms with Crippen molar-refractivity contribution >= 4 is 44.8 Å². The van der Waals surface area contributed by atoms with Crippen LogP contribution in [0.1, 0.15) is 6.92 Å². The summed E-state index contributed by atoms with van der Waals surface area (Å²) in [7, 11) is -0.701. The van der Waals surface area contributed by atoms with Crippen LogP contribution in [-0.4, -0.2) is 22.3 Å². The van der Waals surface area contributed by atoms with Crippen molar-refractivity contribution < 1.29 is 4.21 Å². The van der Waals surface area contributed by atoms with E-state index in [4.69, 9.17) is 5.73 Å². The summed E-state index contributed by atoms with van der Waals surface area (Å²) in [5.74, 6) is 1.41. The number of halogens is 1. The van der Waals surface area contributed by atoms with Crippen molar-refractivity contribution in [2.75, 3.05) is 29.1 Å². The van der Waals surface area contributed by atoms with E-state index >= 15 is 0 Å². The summed E-state index contributed by atoms with van der Waals surface area (Å²) in [5, 5.41) is 3.25. The predicted octanol–water partition coefficient (Wildman–Crippen LogP) is 2.05. The molecule has 15 heavy (non-hydrogen) atoms. The van der Waals surface area contributed by atoms with Gasteiger partial charge in [-0.15, -0.1) is 0 Å². The molecule has 3 N–H and O–H groups in total. The number of hydrogen-bond acceptors (Lipinski definition) is 3. The van der Waals surface area contributed by atoms with Gasteiger partial charge in [-0.05, 0) is 40.8 Å². The van der Waals surface area contributed by atoms with Gasteiger partial charge in [-0.1, -0.05) is 6.92 Å². The van der Waals surface area contributed by atoms with Crippen molar-refractivity contribution in [2.24, 2.45) is 0 Å². The Morgan fingerprint density at radius 2 is 2.27 bits per heavy atom. The molecule has 0 heterocycles. The van der Waals surface area contributed by atoms with Crippen molar-refractivity contribution in [3.8, 4) is 0 Å². The van der Waals surface area contributed by atoms with Crippen LogP contribution in [0.3, 0.4) is 0 Å². The smallest absolute Gasteiger partial charge is 0.0477 e. The molecule has 0 amide bonds. The third-order valence-electron chi connectivity index (χ3n) is 1.96. The van der Waals surface area contributed by atoms with Crippen LogP contribution >= 0.6 is 22.6 Å². The number of benzene rings is 1. The van der Waals surface area contributed by atoms with Gasteiger partial charge in [0.05, 0.1) is 0 Å². The summed E-state index contributed by atoms with van der Waals surface area (Å²) in [6, 6.07) is 5.73. The number of nitrogen functional groups attached to an aromatic ring is 1. The summed E-state index contributed by atoms with van der Waals surface area (Å²) >= 11 is 2.23. The second-order valence-corrected chi connectivity index (χ2v) is 6.13. The molecule has 0 bridgehead atoms. The van der Waals surface area contributed by atoms with Gasteiger partial charge in [0.15, 0.2) is 0 Å². The molecular weight excluding hydrogens is 323 g/mol. The zero-order chi connectivity index (χ0) is 11.3. The first-order valence-electron chi connectivity index (χ1n) is 4.77. The van der Waals surface area contributed by atoms with Crippen LogP contribution in [-0.2, 0) is 10.8 Å². The molecule has 1 atom stereocenters. The van der Waals surface area contributed by atoms with Gasteiger partial charge in [-0.25, -0.2) is 0 Å². The highest BCUT2D eigenvalue weighted by Gasteiger charge is 2.00. The van der Waals surface area contributed by atoms with Crippen LogP contribution in [0.15, 0.2) is 18.2 Å². The summed E-state index contributed by atoms with van der Waals surface area (Å²) in [6.07, 6.45) is 0. The lowest BCUT2D eigenvalue weighted by Gasteiger charge is -2.08. The average molecular weight is 338 g/mol. The average Bonchev–Trinajstić information content (AvgIpc) is 2.21. The van der Waals surface area contributed by atoms with E-state index in [0.29, 0.717) is 5.75 Å². The molecule has 0 spiro atoms. The minimum atomic E-state index is -0.701. The molecule has 84 valence electrons. The molecule has 0 fully saturated rings. The second kappa shape index (κ2) is 6.32. The molecule has 0 saturated heterocycles. The lowest BCUT2D eigenvalue weighted by Crippen LogP contribution is -2.12. The van der Waals surface area contributed by atoms with Crippen LogP contribution in [0, 0.1) is 3.57 Å². The van der Waals surface area contributed by atoms with Gasteiger partial charge in [-0.3, -0.25) is 4.21 Å². The summed E-state index contributed by atoms with van der Waals surface area (Å²) in [5.41, 5.74) is 7.46. The molecule has 0 saturated carbocycles. The first kappa shape index (κ1) is 12.8. The molecule has 0 aliphatic heterocycles. The molecule has 5 heteroatoms. The van der Waals surface area contributed by atoms with Crippen molar-refractivity contribution in [3.63, 3.8) is 0 Å². The number of rotatable bonds is 5. The quantitative estimate of drug-likeness (QED) is 0.638. The van der Waals surface area contributed by atoms with E-state index < -0.39 is 10.8 Å². The lowest BCUT2D eigenvalue weighted by atomic mass is 10.3. The van der Waals surface area contributed by atoms with Crippen molar-refractivity contribution in [2.45, 2.75) is 6.92 Å². The molecule has 1 rings (SSSR count). The first-order chi connectivity index (χ1) is 7.13. The van der Waals surface area contributed by atoms with E-state index in [2.05, 4.69) is 27.9 Å². The summed E-state index contributed by atoms with van der Waals surface area (Å²) < 4.78 is 12.3. The van der Waals surface area contributed by atoms with Gasteiger partial charge in [0.25, 0.3) is 0 Å². The van der Waals surface area contributed by atoms with Crippen LogP contribution in [0.25, 0.3) is 0 Å². The van der Waals surface area contributed by atoms with Crippen LogP contribution in [0.4, 0.5) is 11.4 Å². The molecule has 0 radical (unpaired) electrons. The standard InChI is InChI=1S/C10H15IN2OS/c1-2-15(14)6-5-13-10-4-3-8(12)7-9(10)11/h3-4,7,13H,2,5-6,12H2,1H3. The Kier molecular flexibility index (Phi) is 5.38. The largest absolute Gasteiger partial charge is 0.399 e. The number of hydrogen-bond donors (Lipinski definition) is 2. The monoisotopic (exact) mass is 338 g/mol. The van der Waals surface area contributed by atoms with Gasteiger partial charge in [0.2, 0.25) is 0 Å². The molecule has 1 unspecified atom stereocenters. The Balaban J connectivity index is 2.47. The highest BCUT2D eigenvalue weighted by atomic mass is 127.